The van der Waals surface area contributed by atoms with Gasteiger partial charge in [-0.25, -0.2) is 4.98 Å². The van der Waals surface area contributed by atoms with E-state index in [0.717, 1.165) is 28.5 Å². The number of ether oxygens (including phenoxy) is 1. The van der Waals surface area contributed by atoms with Crippen molar-refractivity contribution < 1.29 is 9.53 Å². The molecule has 0 unspecified atom stereocenters. The summed E-state index contributed by atoms with van der Waals surface area (Å²) in [6.45, 7) is 1.62. The summed E-state index contributed by atoms with van der Waals surface area (Å²) in [7, 11) is 0. The molecule has 2 saturated carbocycles. The molecule has 1 amide bonds. The number of hydrogen-bond acceptors (Lipinski definition) is 7. The fraction of sp³-hybridized carbons (Fsp3) is 0.385. The molecule has 7 nitrogen and oxygen atoms in total. The number of carbonyl (C=O) groups is 1. The summed E-state index contributed by atoms with van der Waals surface area (Å²) in [6.07, 6.45) is 8.76. The maximum Gasteiger partial charge on any atom is 0.270 e. The van der Waals surface area contributed by atoms with Crippen molar-refractivity contribution in [3.8, 4) is 5.88 Å². The molecule has 0 radical (unpaired) electrons. The van der Waals surface area contributed by atoms with Gasteiger partial charge in [-0.2, -0.15) is 0 Å². The lowest BCUT2D eigenvalue weighted by molar-refractivity contribution is 0.0944. The number of nitrogens with one attached hydrogen (secondary N) is 1. The molecular formula is C26H27N5O2S. The number of anilines is 2. The number of hydrogen-bond donors (Lipinski definition) is 1. The molecule has 0 aromatic carbocycles. The Hall–Kier alpha value is -3.13. The molecule has 6 rings (SSSR count). The highest BCUT2D eigenvalue weighted by Gasteiger charge is 2.32. The van der Waals surface area contributed by atoms with Crippen LogP contribution in [0.25, 0.3) is 0 Å². The van der Waals surface area contributed by atoms with Crippen molar-refractivity contribution in [2.45, 2.75) is 49.0 Å². The Balaban J connectivity index is 1.21. The molecule has 3 aromatic heterocycles. The summed E-state index contributed by atoms with van der Waals surface area (Å²) in [5.74, 6) is 1.47. The lowest BCUT2D eigenvalue weighted by Gasteiger charge is -2.31. The minimum absolute atomic E-state index is 0.241. The average molecular weight is 474 g/mol. The van der Waals surface area contributed by atoms with Crippen molar-refractivity contribution in [3.05, 3.63) is 65.4 Å². The van der Waals surface area contributed by atoms with Gasteiger partial charge in [0.05, 0.1) is 18.8 Å². The van der Waals surface area contributed by atoms with Crippen LogP contribution in [0.1, 0.15) is 65.1 Å². The molecule has 4 heterocycles. The summed E-state index contributed by atoms with van der Waals surface area (Å²) in [5, 5.41) is 2.91. The zero-order chi connectivity index (χ0) is 23.1. The van der Waals surface area contributed by atoms with Crippen molar-refractivity contribution in [2.24, 2.45) is 0 Å². The van der Waals surface area contributed by atoms with Crippen LogP contribution in [0.5, 0.6) is 5.88 Å². The Bertz CT molecular complexity index is 1190. The molecule has 2 fully saturated rings. The van der Waals surface area contributed by atoms with Crippen molar-refractivity contribution in [1.29, 1.82) is 0 Å². The van der Waals surface area contributed by atoms with Crippen LogP contribution in [0, 0.1) is 0 Å². The second-order valence-electron chi connectivity index (χ2n) is 9.12. The third kappa shape index (κ3) is 4.46. The van der Waals surface area contributed by atoms with E-state index < -0.39 is 0 Å². The van der Waals surface area contributed by atoms with Gasteiger partial charge >= 0.3 is 0 Å². The summed E-state index contributed by atoms with van der Waals surface area (Å²) in [5.41, 5.74) is 5.63. The lowest BCUT2D eigenvalue weighted by atomic mass is 10.1. The quantitative estimate of drug-likeness (QED) is 0.493. The number of fused-ring (bicyclic) bond motifs is 1. The second-order valence-corrected chi connectivity index (χ2v) is 10.00. The molecule has 0 atom stereocenters. The van der Waals surface area contributed by atoms with Gasteiger partial charge in [0.15, 0.2) is 0 Å². The van der Waals surface area contributed by atoms with Crippen LogP contribution in [0.4, 0.5) is 11.4 Å². The van der Waals surface area contributed by atoms with Gasteiger partial charge in [-0.15, -0.1) is 11.8 Å². The lowest BCUT2D eigenvalue weighted by Crippen LogP contribution is -2.30. The van der Waals surface area contributed by atoms with E-state index in [4.69, 9.17) is 9.72 Å². The van der Waals surface area contributed by atoms with Gasteiger partial charge in [-0.1, -0.05) is 0 Å². The second kappa shape index (κ2) is 8.91. The number of carbonyl (C=O) groups excluding carboxylic acids is 1. The minimum atomic E-state index is -0.241. The number of nitrogens with zero attached hydrogens (tertiary/aromatic N) is 4. The average Bonchev–Trinajstić information content (AvgIpc) is 3.79. The third-order valence-corrected chi connectivity index (χ3v) is 7.25. The van der Waals surface area contributed by atoms with E-state index in [2.05, 4.69) is 32.3 Å². The Morgan fingerprint density at radius 2 is 1.85 bits per heavy atom. The molecule has 0 bridgehead atoms. The predicted molar refractivity (Wildman–Crippen MR) is 132 cm³/mol. The molecule has 1 N–H and O–H groups in total. The first-order valence-corrected chi connectivity index (χ1v) is 13.1. The highest BCUT2D eigenvalue weighted by Crippen LogP contribution is 2.46. The van der Waals surface area contributed by atoms with Gasteiger partial charge in [0.25, 0.3) is 5.91 Å². The summed E-state index contributed by atoms with van der Waals surface area (Å²) >= 11 is 1.64. The van der Waals surface area contributed by atoms with Gasteiger partial charge in [0.2, 0.25) is 5.88 Å². The highest BCUT2D eigenvalue weighted by atomic mass is 32.2. The first kappa shape index (κ1) is 21.4. The molecule has 3 aromatic rings. The van der Waals surface area contributed by atoms with Crippen molar-refractivity contribution in [1.82, 2.24) is 20.3 Å². The molecule has 3 aliphatic rings. The molecule has 0 spiro atoms. The maximum atomic E-state index is 12.7. The SMILES string of the molecule is CSc1ccc(CNC(=O)c2ccc3c(n2)OCCN3c2cc(C3CC3)nc(C3CC3)c2)nc1. The monoisotopic (exact) mass is 473 g/mol. The van der Waals surface area contributed by atoms with Gasteiger partial charge in [0, 0.05) is 40.0 Å². The normalized spacial score (nSPS) is 17.1. The van der Waals surface area contributed by atoms with Crippen LogP contribution < -0.4 is 15.0 Å². The molecule has 1 aliphatic heterocycles. The number of amides is 1. The van der Waals surface area contributed by atoms with Crippen molar-refractivity contribution in [2.75, 3.05) is 24.3 Å². The van der Waals surface area contributed by atoms with Crippen molar-refractivity contribution >= 4 is 29.0 Å². The molecule has 8 heteroatoms. The van der Waals surface area contributed by atoms with E-state index in [-0.39, 0.29) is 5.91 Å². The highest BCUT2D eigenvalue weighted by molar-refractivity contribution is 7.98. The first-order valence-electron chi connectivity index (χ1n) is 11.9. The van der Waals surface area contributed by atoms with E-state index in [1.807, 2.05) is 30.7 Å². The molecule has 34 heavy (non-hydrogen) atoms. The zero-order valence-corrected chi connectivity index (χ0v) is 20.0. The summed E-state index contributed by atoms with van der Waals surface area (Å²) < 4.78 is 5.87. The minimum Gasteiger partial charge on any atom is -0.474 e. The van der Waals surface area contributed by atoms with Crippen LogP contribution >= 0.6 is 11.8 Å². The number of thioether (sulfide) groups is 1. The largest absolute Gasteiger partial charge is 0.474 e. The summed E-state index contributed by atoms with van der Waals surface area (Å²) in [4.78, 5) is 30.0. The van der Waals surface area contributed by atoms with Crippen LogP contribution in [0.3, 0.4) is 0 Å². The smallest absolute Gasteiger partial charge is 0.270 e. The van der Waals surface area contributed by atoms with Crippen LogP contribution in [-0.2, 0) is 6.54 Å². The number of rotatable bonds is 7. The number of pyridine rings is 3. The van der Waals surface area contributed by atoms with Gasteiger partial charge in [-0.3, -0.25) is 14.8 Å². The van der Waals surface area contributed by atoms with E-state index in [9.17, 15) is 4.79 Å². The Morgan fingerprint density at radius 3 is 2.50 bits per heavy atom. The van der Waals surface area contributed by atoms with E-state index in [1.165, 1.54) is 37.1 Å². The van der Waals surface area contributed by atoms with Gasteiger partial charge < -0.3 is 15.0 Å². The topological polar surface area (TPSA) is 80.2 Å². The predicted octanol–water partition coefficient (Wildman–Crippen LogP) is 4.81. The molecule has 0 saturated heterocycles. The third-order valence-electron chi connectivity index (χ3n) is 6.53. The maximum absolute atomic E-state index is 12.7. The van der Waals surface area contributed by atoms with E-state index in [1.54, 1.807) is 17.8 Å². The Morgan fingerprint density at radius 1 is 1.09 bits per heavy atom. The fourth-order valence-electron chi connectivity index (χ4n) is 4.28. The Kier molecular flexibility index (Phi) is 5.61. The molecule has 174 valence electrons. The zero-order valence-electron chi connectivity index (χ0n) is 19.2. The first-order chi connectivity index (χ1) is 16.7. The van der Waals surface area contributed by atoms with Crippen LogP contribution in [0.15, 0.2) is 47.5 Å². The van der Waals surface area contributed by atoms with Gasteiger partial charge in [-0.05, 0) is 68.3 Å². The van der Waals surface area contributed by atoms with Crippen LogP contribution in [0.2, 0.25) is 0 Å². The standard InChI is InChI=1S/C26H27N5O2S/c1-34-20-7-6-18(27-15-20)14-28-25(32)21-8-9-24-26(30-21)33-11-10-31(24)19-12-22(16-2-3-16)29-23(13-19)17-4-5-17/h6-9,12-13,15-17H,2-5,10-11,14H2,1H3,(H,28,32). The molecule has 2 aliphatic carbocycles. The number of aromatic nitrogens is 3. The van der Waals surface area contributed by atoms with E-state index >= 15 is 0 Å². The van der Waals surface area contributed by atoms with E-state index in [0.29, 0.717) is 36.6 Å². The fourth-order valence-corrected chi connectivity index (χ4v) is 4.64. The van der Waals surface area contributed by atoms with Crippen molar-refractivity contribution in [3.63, 3.8) is 0 Å². The van der Waals surface area contributed by atoms with Crippen LogP contribution in [-0.4, -0.2) is 40.3 Å². The van der Waals surface area contributed by atoms with Gasteiger partial charge in [0.1, 0.15) is 18.0 Å². The Labute approximate surface area is 203 Å². The summed E-state index contributed by atoms with van der Waals surface area (Å²) in [6, 6.07) is 12.1. The molecular weight excluding hydrogens is 446 g/mol.